The van der Waals surface area contributed by atoms with E-state index in [0.29, 0.717) is 24.7 Å². The first-order chi connectivity index (χ1) is 15.6. The second-order valence-corrected chi connectivity index (χ2v) is 10.5. The Morgan fingerprint density at radius 1 is 0.909 bits per heavy atom. The first-order valence-electron chi connectivity index (χ1n) is 11.7. The van der Waals surface area contributed by atoms with E-state index in [9.17, 15) is 20.1 Å². The van der Waals surface area contributed by atoms with Crippen molar-refractivity contribution in [3.05, 3.63) is 11.6 Å². The molecule has 8 nitrogen and oxygen atoms in total. The Morgan fingerprint density at radius 3 is 2.21 bits per heavy atom. The van der Waals surface area contributed by atoms with E-state index in [1.807, 2.05) is 6.08 Å². The molecule has 0 radical (unpaired) electrons. The molecule has 0 spiro atoms. The fourth-order valence-corrected chi connectivity index (χ4v) is 7.65. The second-order valence-electron chi connectivity index (χ2n) is 10.5. The van der Waals surface area contributed by atoms with Crippen molar-refractivity contribution in [2.45, 2.75) is 76.4 Å². The highest BCUT2D eigenvalue weighted by Gasteiger charge is 2.67. The van der Waals surface area contributed by atoms with Crippen molar-refractivity contribution < 1.29 is 28.5 Å². The summed E-state index contributed by atoms with van der Waals surface area (Å²) in [5.74, 6) is 1.07. The third-order valence-corrected chi connectivity index (χ3v) is 9.50. The van der Waals surface area contributed by atoms with Crippen LogP contribution in [0.15, 0.2) is 11.6 Å². The van der Waals surface area contributed by atoms with E-state index in [4.69, 9.17) is 14.2 Å². The summed E-state index contributed by atoms with van der Waals surface area (Å²) in [5.41, 5.74) is -1.78. The molecule has 0 aromatic carbocycles. The van der Waals surface area contributed by atoms with Gasteiger partial charge in [0.1, 0.15) is 12.1 Å². The third kappa shape index (κ3) is 3.29. The van der Waals surface area contributed by atoms with E-state index in [1.54, 1.807) is 0 Å². The molecule has 4 aliphatic carbocycles. The fraction of sp³-hybridized carbons (Fsp3) is 0.760. The Hall–Kier alpha value is -2.74. The molecule has 0 amide bonds. The van der Waals surface area contributed by atoms with Gasteiger partial charge in [0.05, 0.1) is 14.2 Å². The summed E-state index contributed by atoms with van der Waals surface area (Å²) in [6.45, 7) is 4.38. The standard InChI is InChI=1S/C25H32N2O6/c1-22-11-12-24(14-26,32-20(28)30-3)13-16(22)5-6-17-18(22)7-9-23(2)19(17)8-10-25(23,15-27)33-21(29)31-4/h13,17-19H,5-12H2,1-4H3/t17-,18+,19+,22+,23+,24?,25+/m1/s1. The Labute approximate surface area is 194 Å². The highest BCUT2D eigenvalue weighted by molar-refractivity contribution is 5.62. The number of fused-ring (bicyclic) bond motifs is 5. The summed E-state index contributed by atoms with van der Waals surface area (Å²) in [6.07, 6.45) is 6.21. The van der Waals surface area contributed by atoms with Crippen molar-refractivity contribution in [3.8, 4) is 12.1 Å². The normalized spacial score (nSPS) is 43.3. The van der Waals surface area contributed by atoms with Gasteiger partial charge in [-0.05, 0) is 67.8 Å². The number of nitriles is 2. The highest BCUT2D eigenvalue weighted by Crippen LogP contribution is 2.68. The molecule has 33 heavy (non-hydrogen) atoms. The average Bonchev–Trinajstić information content (AvgIpc) is 3.11. The van der Waals surface area contributed by atoms with Crippen LogP contribution in [0.1, 0.15) is 65.2 Å². The molecule has 0 aromatic rings. The molecule has 0 N–H and O–H groups in total. The van der Waals surface area contributed by atoms with Crippen LogP contribution < -0.4 is 0 Å². The van der Waals surface area contributed by atoms with Gasteiger partial charge < -0.3 is 18.9 Å². The fourth-order valence-electron chi connectivity index (χ4n) is 7.65. The van der Waals surface area contributed by atoms with E-state index >= 15 is 0 Å². The van der Waals surface area contributed by atoms with Crippen molar-refractivity contribution in [2.24, 2.45) is 28.6 Å². The van der Waals surface area contributed by atoms with Gasteiger partial charge in [-0.2, -0.15) is 10.5 Å². The van der Waals surface area contributed by atoms with Crippen molar-refractivity contribution in [1.29, 1.82) is 10.5 Å². The van der Waals surface area contributed by atoms with Crippen LogP contribution >= 0.6 is 0 Å². The van der Waals surface area contributed by atoms with Crippen LogP contribution in [0.3, 0.4) is 0 Å². The van der Waals surface area contributed by atoms with E-state index in [-0.39, 0.29) is 11.3 Å². The summed E-state index contributed by atoms with van der Waals surface area (Å²) < 4.78 is 20.4. The number of ether oxygens (including phenoxy) is 4. The molecule has 0 aliphatic heterocycles. The first-order valence-corrected chi connectivity index (χ1v) is 11.7. The monoisotopic (exact) mass is 456 g/mol. The number of rotatable bonds is 2. The first kappa shape index (κ1) is 23.4. The van der Waals surface area contributed by atoms with Crippen LogP contribution in [-0.4, -0.2) is 37.7 Å². The lowest BCUT2D eigenvalue weighted by Gasteiger charge is -2.59. The maximum Gasteiger partial charge on any atom is 0.509 e. The minimum atomic E-state index is -1.28. The maximum atomic E-state index is 12.0. The minimum Gasteiger partial charge on any atom is -0.438 e. The lowest BCUT2D eigenvalue weighted by molar-refractivity contribution is -0.116. The van der Waals surface area contributed by atoms with Crippen LogP contribution in [0.25, 0.3) is 0 Å². The Bertz CT molecular complexity index is 965. The molecule has 8 heteroatoms. The molecule has 1 unspecified atom stereocenters. The smallest absolute Gasteiger partial charge is 0.438 e. The van der Waals surface area contributed by atoms with Crippen LogP contribution in [-0.2, 0) is 18.9 Å². The van der Waals surface area contributed by atoms with E-state index in [2.05, 4.69) is 30.7 Å². The van der Waals surface area contributed by atoms with Crippen LogP contribution in [0.5, 0.6) is 0 Å². The van der Waals surface area contributed by atoms with Crippen molar-refractivity contribution >= 4 is 12.3 Å². The lowest BCUT2D eigenvalue weighted by Crippen LogP contribution is -2.56. The molecule has 3 saturated carbocycles. The number of methoxy groups -OCH3 is 2. The molecule has 0 aromatic heterocycles. The maximum absolute atomic E-state index is 12.0. The zero-order chi connectivity index (χ0) is 24.1. The molecular formula is C25H32N2O6. The molecular weight excluding hydrogens is 424 g/mol. The molecule has 4 aliphatic rings. The molecule has 178 valence electrons. The summed E-state index contributed by atoms with van der Waals surface area (Å²) in [4.78, 5) is 23.7. The van der Waals surface area contributed by atoms with Gasteiger partial charge in [-0.3, -0.25) is 0 Å². The number of carbonyl (C=O) groups excluding carboxylic acids is 2. The van der Waals surface area contributed by atoms with Gasteiger partial charge in [0.15, 0.2) is 0 Å². The van der Waals surface area contributed by atoms with Crippen molar-refractivity contribution in [2.75, 3.05) is 14.2 Å². The molecule has 0 saturated heterocycles. The Kier molecular flexibility index (Phi) is 5.63. The summed E-state index contributed by atoms with van der Waals surface area (Å²) >= 11 is 0. The van der Waals surface area contributed by atoms with Gasteiger partial charge in [0.2, 0.25) is 11.2 Å². The highest BCUT2D eigenvalue weighted by atomic mass is 16.7. The third-order valence-electron chi connectivity index (χ3n) is 9.50. The zero-order valence-electron chi connectivity index (χ0n) is 19.8. The van der Waals surface area contributed by atoms with Crippen LogP contribution in [0, 0.1) is 51.2 Å². The number of hydrogen-bond donors (Lipinski definition) is 0. The van der Waals surface area contributed by atoms with Crippen LogP contribution in [0.4, 0.5) is 9.59 Å². The van der Waals surface area contributed by atoms with Gasteiger partial charge >= 0.3 is 12.3 Å². The average molecular weight is 457 g/mol. The largest absolute Gasteiger partial charge is 0.509 e. The lowest BCUT2D eigenvalue weighted by atomic mass is 9.46. The van der Waals surface area contributed by atoms with Crippen molar-refractivity contribution in [3.63, 3.8) is 0 Å². The second kappa shape index (κ2) is 7.94. The molecule has 0 bridgehead atoms. The number of nitrogens with zero attached hydrogens (tertiary/aromatic N) is 2. The van der Waals surface area contributed by atoms with Gasteiger partial charge in [-0.1, -0.05) is 19.4 Å². The SMILES string of the molecule is COC(=O)OC1(C#N)C=C2CC[C@@H]3[C@H](CC[C@@]4(C)[C@H]3CC[C@@]4(C#N)OC(=O)OC)[C@@]2(C)CC1. The van der Waals surface area contributed by atoms with E-state index in [0.717, 1.165) is 38.5 Å². The van der Waals surface area contributed by atoms with Gasteiger partial charge in [0, 0.05) is 18.3 Å². The minimum absolute atomic E-state index is 0.0921. The van der Waals surface area contributed by atoms with E-state index < -0.39 is 28.9 Å². The number of carbonyl (C=O) groups is 2. The van der Waals surface area contributed by atoms with Gasteiger partial charge in [-0.25, -0.2) is 9.59 Å². The Balaban J connectivity index is 1.63. The molecule has 4 rings (SSSR count). The number of allylic oxidation sites excluding steroid dienone is 1. The summed E-state index contributed by atoms with van der Waals surface area (Å²) in [6, 6.07) is 4.55. The van der Waals surface area contributed by atoms with E-state index in [1.165, 1.54) is 19.8 Å². The predicted molar refractivity (Wildman–Crippen MR) is 115 cm³/mol. The number of hydrogen-bond acceptors (Lipinski definition) is 8. The van der Waals surface area contributed by atoms with Crippen molar-refractivity contribution in [1.82, 2.24) is 0 Å². The topological polar surface area (TPSA) is 119 Å². The molecule has 3 fully saturated rings. The molecule has 7 atom stereocenters. The summed E-state index contributed by atoms with van der Waals surface area (Å²) in [5, 5.41) is 19.9. The molecule has 0 heterocycles. The van der Waals surface area contributed by atoms with Gasteiger partial charge in [-0.15, -0.1) is 0 Å². The van der Waals surface area contributed by atoms with Gasteiger partial charge in [0.25, 0.3) is 0 Å². The zero-order valence-corrected chi connectivity index (χ0v) is 19.8. The Morgan fingerprint density at radius 2 is 1.58 bits per heavy atom. The summed E-state index contributed by atoms with van der Waals surface area (Å²) in [7, 11) is 2.51. The quantitative estimate of drug-likeness (QED) is 0.419. The van der Waals surface area contributed by atoms with Crippen LogP contribution in [0.2, 0.25) is 0 Å². The predicted octanol–water partition coefficient (Wildman–Crippen LogP) is 5.04.